The van der Waals surface area contributed by atoms with E-state index in [1.807, 2.05) is 0 Å². The van der Waals surface area contributed by atoms with Crippen LogP contribution in [0.15, 0.2) is 346 Å². The average Bonchev–Trinajstić information content (AvgIpc) is 1.58. The van der Waals surface area contributed by atoms with E-state index < -0.39 is 0 Å². The van der Waals surface area contributed by atoms with Crippen LogP contribution >= 0.6 is 0 Å². The van der Waals surface area contributed by atoms with Crippen LogP contribution in [-0.2, 0) is 0 Å². The Bertz CT molecular complexity index is 6130. The Morgan fingerprint density at radius 1 is 0.168 bits per heavy atom. The number of rotatable bonds is 9. The third kappa shape index (κ3) is 7.84. The average molecular weight is 1210 g/mol. The van der Waals surface area contributed by atoms with Crippen LogP contribution in [0.4, 0.5) is 34.1 Å². The first-order valence-electron chi connectivity index (χ1n) is 32.8. The molecule has 3 heterocycles. The smallest absolute Gasteiger partial charge is 0.0568 e. The van der Waals surface area contributed by atoms with Crippen molar-refractivity contribution in [2.24, 2.45) is 0 Å². The molecule has 0 unspecified atom stereocenters. The molecule has 0 aliphatic rings. The SMILES string of the molecule is c1ccc(N(c2cc3c(c4ccccc24)c2c4ccccc4ccc2n3-c2ccccc2)c2cc3c(c4ccccc24)c2c4ccccc4c(N(c4ccccc4)c4cc5c(c6ccccc46)c4c6ccccc6ccc4n5-c4ccccc4)cc2n3-c2ccccc2)cc1. The highest BCUT2D eigenvalue weighted by Gasteiger charge is 2.30. The summed E-state index contributed by atoms with van der Waals surface area (Å²) < 4.78 is 7.51. The maximum atomic E-state index is 2.54. The molecule has 0 atom stereocenters. The van der Waals surface area contributed by atoms with Crippen LogP contribution in [-0.4, -0.2) is 13.7 Å². The summed E-state index contributed by atoms with van der Waals surface area (Å²) in [6.45, 7) is 0. The van der Waals surface area contributed by atoms with Crippen molar-refractivity contribution in [1.82, 2.24) is 13.7 Å². The summed E-state index contributed by atoms with van der Waals surface area (Å²) in [5.74, 6) is 0. The summed E-state index contributed by atoms with van der Waals surface area (Å²) >= 11 is 0. The fourth-order valence-corrected chi connectivity index (χ4v) is 16.2. The van der Waals surface area contributed by atoms with Crippen molar-refractivity contribution >= 4 is 164 Å². The highest BCUT2D eigenvalue weighted by Crippen LogP contribution is 2.54. The standard InChI is InChI=1S/C90H57N5/c1-6-30-60(31-7-1)91-75-52-50-58-28-16-18-40-65(58)85(75)87-71-46-24-20-42-67(71)77(54-81(87)91)93(62-34-10-3-11-35-62)79-56-83-89(73-48-26-22-44-69(73)79)90-74-49-27-23-45-70(74)80(57-84(90)95(83)64-38-14-5-15-39-64)94(63-36-12-4-13-37-63)78-55-82-88(72-47-25-21-43-68(72)78)86-66-41-19-17-29-59(66)51-53-76(86)92(82)61-32-8-2-9-33-61/h1-57H. The molecule has 0 fully saturated rings. The Hall–Kier alpha value is -12.7. The molecule has 5 heteroatoms. The van der Waals surface area contributed by atoms with Crippen molar-refractivity contribution < 1.29 is 0 Å². The van der Waals surface area contributed by atoms with Gasteiger partial charge in [-0.05, 0) is 140 Å². The Balaban J connectivity index is 0.912. The highest BCUT2D eigenvalue weighted by atomic mass is 15.2. The van der Waals surface area contributed by atoms with Crippen molar-refractivity contribution in [2.75, 3.05) is 9.80 Å². The molecule has 0 radical (unpaired) electrons. The minimum atomic E-state index is 1.06. The lowest BCUT2D eigenvalue weighted by molar-refractivity contribution is 1.17. The summed E-state index contributed by atoms with van der Waals surface area (Å²) in [6.07, 6.45) is 0. The third-order valence-electron chi connectivity index (χ3n) is 20.1. The topological polar surface area (TPSA) is 21.3 Å². The van der Waals surface area contributed by atoms with E-state index in [-0.39, 0.29) is 0 Å². The summed E-state index contributed by atoms with van der Waals surface area (Å²) in [4.78, 5) is 5.09. The van der Waals surface area contributed by atoms with Gasteiger partial charge in [0, 0.05) is 82.3 Å². The lowest BCUT2D eigenvalue weighted by Gasteiger charge is -2.29. The molecule has 0 aliphatic heterocycles. The van der Waals surface area contributed by atoms with Gasteiger partial charge >= 0.3 is 0 Å². The van der Waals surface area contributed by atoms with E-state index in [0.29, 0.717) is 0 Å². The normalized spacial score (nSPS) is 12.0. The van der Waals surface area contributed by atoms with Crippen LogP contribution in [0.1, 0.15) is 0 Å². The molecule has 0 amide bonds. The van der Waals surface area contributed by atoms with Gasteiger partial charge in [-0.2, -0.15) is 0 Å². The van der Waals surface area contributed by atoms with Crippen LogP contribution in [0, 0.1) is 0 Å². The van der Waals surface area contributed by atoms with Crippen molar-refractivity contribution in [3.63, 3.8) is 0 Å². The van der Waals surface area contributed by atoms with E-state index in [2.05, 4.69) is 369 Å². The van der Waals surface area contributed by atoms with Crippen molar-refractivity contribution in [3.8, 4) is 17.1 Å². The monoisotopic (exact) mass is 1210 g/mol. The predicted octanol–water partition coefficient (Wildman–Crippen LogP) is 24.8. The molecular formula is C90H57N5. The Morgan fingerprint density at radius 3 is 0.684 bits per heavy atom. The second-order valence-corrected chi connectivity index (χ2v) is 25.1. The van der Waals surface area contributed by atoms with Crippen molar-refractivity contribution in [3.05, 3.63) is 346 Å². The van der Waals surface area contributed by atoms with Crippen LogP contribution in [0.25, 0.3) is 147 Å². The number of benzene rings is 17. The van der Waals surface area contributed by atoms with Gasteiger partial charge in [-0.3, -0.25) is 0 Å². The summed E-state index contributed by atoms with van der Waals surface area (Å²) in [7, 11) is 0. The number of fused-ring (bicyclic) bond motifs is 21. The summed E-state index contributed by atoms with van der Waals surface area (Å²) in [5.41, 5.74) is 16.6. The lowest BCUT2D eigenvalue weighted by Crippen LogP contribution is -2.12. The molecule has 20 rings (SSSR count). The Kier molecular flexibility index (Phi) is 11.7. The minimum absolute atomic E-state index is 1.06. The fraction of sp³-hybridized carbons (Fsp3) is 0. The second-order valence-electron chi connectivity index (χ2n) is 25.1. The number of hydrogen-bond donors (Lipinski definition) is 0. The number of anilines is 6. The summed E-state index contributed by atoms with van der Waals surface area (Å²) in [6, 6.07) is 128. The Labute approximate surface area is 547 Å². The van der Waals surface area contributed by atoms with Gasteiger partial charge in [0.1, 0.15) is 0 Å². The van der Waals surface area contributed by atoms with E-state index >= 15 is 0 Å². The molecular weight excluding hydrogens is 1150 g/mol. The molecule has 0 saturated carbocycles. The van der Waals surface area contributed by atoms with Crippen LogP contribution < -0.4 is 9.80 Å². The molecule has 17 aromatic carbocycles. The number of hydrogen-bond acceptors (Lipinski definition) is 2. The largest absolute Gasteiger partial charge is 0.309 e. The Morgan fingerprint density at radius 2 is 0.389 bits per heavy atom. The van der Waals surface area contributed by atoms with E-state index in [4.69, 9.17) is 0 Å². The van der Waals surface area contributed by atoms with Gasteiger partial charge < -0.3 is 23.5 Å². The second kappa shape index (κ2) is 20.9. The zero-order chi connectivity index (χ0) is 62.2. The summed E-state index contributed by atoms with van der Waals surface area (Å²) in [5, 5.41) is 21.7. The van der Waals surface area contributed by atoms with Gasteiger partial charge in [0.25, 0.3) is 0 Å². The first-order chi connectivity index (χ1) is 47.2. The molecule has 0 aliphatic carbocycles. The van der Waals surface area contributed by atoms with Crippen LogP contribution in [0.2, 0.25) is 0 Å². The van der Waals surface area contributed by atoms with E-state index in [9.17, 15) is 0 Å². The highest BCUT2D eigenvalue weighted by molar-refractivity contribution is 6.35. The minimum Gasteiger partial charge on any atom is -0.309 e. The van der Waals surface area contributed by atoms with Gasteiger partial charge in [0.05, 0.1) is 55.8 Å². The number of nitrogens with zero attached hydrogens (tertiary/aromatic N) is 5. The maximum Gasteiger partial charge on any atom is 0.0568 e. The van der Waals surface area contributed by atoms with E-state index in [1.165, 1.54) is 86.4 Å². The lowest BCUT2D eigenvalue weighted by atomic mass is 9.95. The molecule has 0 saturated heterocycles. The van der Waals surface area contributed by atoms with Crippen molar-refractivity contribution in [1.29, 1.82) is 0 Å². The zero-order valence-electron chi connectivity index (χ0n) is 51.6. The molecule has 442 valence electrons. The van der Waals surface area contributed by atoms with Gasteiger partial charge in [0.2, 0.25) is 0 Å². The van der Waals surface area contributed by atoms with Crippen molar-refractivity contribution in [2.45, 2.75) is 0 Å². The number of aromatic nitrogens is 3. The molecule has 0 N–H and O–H groups in total. The van der Waals surface area contributed by atoms with Gasteiger partial charge in [0.15, 0.2) is 0 Å². The number of para-hydroxylation sites is 5. The molecule has 95 heavy (non-hydrogen) atoms. The molecule has 5 nitrogen and oxygen atoms in total. The zero-order valence-corrected chi connectivity index (χ0v) is 51.6. The van der Waals surface area contributed by atoms with Crippen LogP contribution in [0.5, 0.6) is 0 Å². The predicted molar refractivity (Wildman–Crippen MR) is 404 cm³/mol. The van der Waals surface area contributed by atoms with Gasteiger partial charge in [-0.25, -0.2) is 0 Å². The third-order valence-corrected chi connectivity index (χ3v) is 20.1. The molecule has 0 bridgehead atoms. The van der Waals surface area contributed by atoms with E-state index in [0.717, 1.165) is 94.8 Å². The van der Waals surface area contributed by atoms with Gasteiger partial charge in [-0.1, -0.05) is 249 Å². The van der Waals surface area contributed by atoms with E-state index in [1.54, 1.807) is 0 Å². The van der Waals surface area contributed by atoms with Crippen LogP contribution in [0.3, 0.4) is 0 Å². The molecule has 0 spiro atoms. The quantitative estimate of drug-likeness (QED) is 0.144. The molecule has 3 aromatic heterocycles. The first-order valence-corrected chi connectivity index (χ1v) is 32.8. The first kappa shape index (κ1) is 53.0. The fourth-order valence-electron chi connectivity index (χ4n) is 16.2. The van der Waals surface area contributed by atoms with Gasteiger partial charge in [-0.15, -0.1) is 0 Å². The maximum absolute atomic E-state index is 2.54. The molecule has 20 aromatic rings.